The van der Waals surface area contributed by atoms with Crippen LogP contribution in [0.1, 0.15) is 26.2 Å². The molecule has 0 aliphatic heterocycles. The third-order valence-corrected chi connectivity index (χ3v) is 3.12. The minimum Gasteiger partial charge on any atom is -0.396 e. The second-order valence-corrected chi connectivity index (χ2v) is 4.29. The van der Waals surface area contributed by atoms with E-state index in [4.69, 9.17) is 11.5 Å². The Hall–Kier alpha value is -1.05. The van der Waals surface area contributed by atoms with E-state index in [9.17, 15) is 4.79 Å². The quantitative estimate of drug-likeness (QED) is 0.570. The number of hydrogen-bond acceptors (Lipinski definition) is 3. The molecule has 3 unspecified atom stereocenters. The lowest BCUT2D eigenvalue weighted by atomic mass is 10.0. The number of aliphatic hydroxyl groups excluding tert-OH is 1. The van der Waals surface area contributed by atoms with Crippen LogP contribution in [0.5, 0.6) is 0 Å². The molecule has 90 valence electrons. The number of amides is 1. The number of nitrogens with one attached hydrogen (secondary N) is 2. The molecule has 0 bridgehead atoms. The fraction of sp³-hybridized carbons (Fsp3) is 0.750. The summed E-state index contributed by atoms with van der Waals surface area (Å²) < 4.78 is 0. The summed E-state index contributed by atoms with van der Waals surface area (Å²) in [6.07, 6.45) is 8.24. The number of carbonyl (C=O) groups is 1. The summed E-state index contributed by atoms with van der Waals surface area (Å²) in [7, 11) is 0. The number of rotatable bonds is 5. The third kappa shape index (κ3) is 3.51. The molecule has 1 aliphatic carbocycles. The molecule has 0 heterocycles. The van der Waals surface area contributed by atoms with Crippen molar-refractivity contribution in [2.75, 3.05) is 13.2 Å². The maximum absolute atomic E-state index is 11.6. The monoisotopic (exact) mass is 224 g/mol. The molecule has 0 aromatic rings. The van der Waals surface area contributed by atoms with Gasteiger partial charge in [0.1, 0.15) is 0 Å². The highest BCUT2D eigenvalue weighted by atomic mass is 16.3. The van der Waals surface area contributed by atoms with Gasteiger partial charge < -0.3 is 15.7 Å². The highest BCUT2D eigenvalue weighted by molar-refractivity contribution is 5.81. The fourth-order valence-corrected chi connectivity index (χ4v) is 2.16. The van der Waals surface area contributed by atoms with E-state index in [0.29, 0.717) is 0 Å². The van der Waals surface area contributed by atoms with Gasteiger partial charge in [-0.2, -0.15) is 0 Å². The topological polar surface area (TPSA) is 61.4 Å². The Morgan fingerprint density at radius 3 is 3.00 bits per heavy atom. The van der Waals surface area contributed by atoms with Crippen LogP contribution < -0.4 is 10.6 Å². The van der Waals surface area contributed by atoms with Gasteiger partial charge in [0.25, 0.3) is 0 Å². The van der Waals surface area contributed by atoms with Gasteiger partial charge in [-0.1, -0.05) is 12.3 Å². The summed E-state index contributed by atoms with van der Waals surface area (Å²) in [6, 6.07) is -0.0120. The summed E-state index contributed by atoms with van der Waals surface area (Å²) in [5, 5.41) is 15.0. The number of hydrogen-bond donors (Lipinski definition) is 3. The Balaban J connectivity index is 2.35. The Labute approximate surface area is 96.8 Å². The van der Waals surface area contributed by atoms with E-state index in [0.717, 1.165) is 19.3 Å². The first-order valence-electron chi connectivity index (χ1n) is 5.77. The van der Waals surface area contributed by atoms with Crippen molar-refractivity contribution in [1.82, 2.24) is 10.6 Å². The van der Waals surface area contributed by atoms with E-state index in [1.54, 1.807) is 0 Å². The van der Waals surface area contributed by atoms with Gasteiger partial charge in [-0.15, -0.1) is 6.42 Å². The van der Waals surface area contributed by atoms with E-state index in [1.807, 2.05) is 6.92 Å². The molecule has 0 aromatic carbocycles. The second kappa shape index (κ2) is 6.51. The molecule has 4 heteroatoms. The van der Waals surface area contributed by atoms with Gasteiger partial charge in [-0.3, -0.25) is 4.79 Å². The number of carbonyl (C=O) groups excluding carboxylic acids is 1. The molecule has 4 nitrogen and oxygen atoms in total. The lowest BCUT2D eigenvalue weighted by Crippen LogP contribution is -2.48. The molecule has 0 saturated heterocycles. The van der Waals surface area contributed by atoms with Crippen LogP contribution in [-0.4, -0.2) is 36.2 Å². The molecule has 3 N–H and O–H groups in total. The normalized spacial score (nSPS) is 26.1. The van der Waals surface area contributed by atoms with E-state index in [1.165, 1.54) is 0 Å². The predicted molar refractivity (Wildman–Crippen MR) is 62.7 cm³/mol. The van der Waals surface area contributed by atoms with Crippen LogP contribution in [0.25, 0.3) is 0 Å². The standard InChI is InChI=1S/C12H20N2O2/c1-3-7-13-12(16)9(2)14-11-6-4-5-10(11)8-15/h1,9-11,14-15H,4-8H2,2H3,(H,13,16). The van der Waals surface area contributed by atoms with E-state index < -0.39 is 0 Å². The summed E-state index contributed by atoms with van der Waals surface area (Å²) in [5.41, 5.74) is 0. The van der Waals surface area contributed by atoms with Crippen molar-refractivity contribution < 1.29 is 9.90 Å². The highest BCUT2D eigenvalue weighted by Gasteiger charge is 2.28. The first-order chi connectivity index (χ1) is 7.69. The average Bonchev–Trinajstić information content (AvgIpc) is 2.72. The van der Waals surface area contributed by atoms with Gasteiger partial charge in [0, 0.05) is 12.6 Å². The van der Waals surface area contributed by atoms with Gasteiger partial charge >= 0.3 is 0 Å². The molecule has 1 saturated carbocycles. The molecule has 0 radical (unpaired) electrons. The van der Waals surface area contributed by atoms with Gasteiger partial charge in [-0.05, 0) is 25.7 Å². The number of terminal acetylenes is 1. The minimum absolute atomic E-state index is 0.0819. The first-order valence-corrected chi connectivity index (χ1v) is 5.77. The molecule has 1 amide bonds. The maximum atomic E-state index is 11.6. The Bertz CT molecular complexity index is 273. The van der Waals surface area contributed by atoms with Crippen molar-refractivity contribution in [3.63, 3.8) is 0 Å². The van der Waals surface area contributed by atoms with Crippen LogP contribution in [0.3, 0.4) is 0 Å². The smallest absolute Gasteiger partial charge is 0.237 e. The predicted octanol–water partition coefficient (Wildman–Crippen LogP) is -0.125. The molecule has 1 rings (SSSR count). The molecular formula is C12H20N2O2. The molecule has 0 aromatic heterocycles. The van der Waals surface area contributed by atoms with Crippen molar-refractivity contribution in [2.24, 2.45) is 5.92 Å². The number of aliphatic hydroxyl groups is 1. The zero-order valence-corrected chi connectivity index (χ0v) is 9.70. The van der Waals surface area contributed by atoms with Crippen molar-refractivity contribution in [2.45, 2.75) is 38.3 Å². The van der Waals surface area contributed by atoms with Crippen molar-refractivity contribution in [3.05, 3.63) is 0 Å². The second-order valence-electron chi connectivity index (χ2n) is 4.29. The van der Waals surface area contributed by atoms with Crippen LogP contribution in [0, 0.1) is 18.3 Å². The van der Waals surface area contributed by atoms with Crippen LogP contribution >= 0.6 is 0 Å². The SMILES string of the molecule is C#CCNC(=O)C(C)NC1CCCC1CO. The Kier molecular flexibility index (Phi) is 5.30. The average molecular weight is 224 g/mol. The molecular weight excluding hydrogens is 204 g/mol. The molecule has 0 spiro atoms. The van der Waals surface area contributed by atoms with Crippen molar-refractivity contribution >= 4 is 5.91 Å². The van der Waals surface area contributed by atoms with E-state index >= 15 is 0 Å². The maximum Gasteiger partial charge on any atom is 0.237 e. The summed E-state index contributed by atoms with van der Waals surface area (Å²) >= 11 is 0. The van der Waals surface area contributed by atoms with Crippen LogP contribution in [-0.2, 0) is 4.79 Å². The lowest BCUT2D eigenvalue weighted by Gasteiger charge is -2.23. The van der Waals surface area contributed by atoms with Gasteiger partial charge in [-0.25, -0.2) is 0 Å². The van der Waals surface area contributed by atoms with Crippen LogP contribution in [0.4, 0.5) is 0 Å². The van der Waals surface area contributed by atoms with Crippen LogP contribution in [0.2, 0.25) is 0 Å². The summed E-state index contributed by atoms with van der Waals surface area (Å²) in [5.74, 6) is 2.57. The zero-order valence-electron chi connectivity index (χ0n) is 9.70. The fourth-order valence-electron chi connectivity index (χ4n) is 2.16. The Morgan fingerprint density at radius 2 is 2.38 bits per heavy atom. The van der Waals surface area contributed by atoms with Crippen LogP contribution in [0.15, 0.2) is 0 Å². The van der Waals surface area contributed by atoms with E-state index in [2.05, 4.69) is 16.6 Å². The summed E-state index contributed by atoms with van der Waals surface area (Å²) in [6.45, 7) is 2.27. The Morgan fingerprint density at radius 1 is 1.62 bits per heavy atom. The van der Waals surface area contributed by atoms with Gasteiger partial charge in [0.2, 0.25) is 5.91 Å². The van der Waals surface area contributed by atoms with Gasteiger partial charge in [0.15, 0.2) is 0 Å². The van der Waals surface area contributed by atoms with Gasteiger partial charge in [0.05, 0.1) is 12.6 Å². The largest absolute Gasteiger partial charge is 0.396 e. The molecule has 1 fully saturated rings. The van der Waals surface area contributed by atoms with E-state index in [-0.39, 0.29) is 37.1 Å². The zero-order chi connectivity index (χ0) is 12.0. The van der Waals surface area contributed by atoms with Crippen molar-refractivity contribution in [1.29, 1.82) is 0 Å². The highest BCUT2D eigenvalue weighted by Crippen LogP contribution is 2.25. The summed E-state index contributed by atoms with van der Waals surface area (Å²) in [4.78, 5) is 11.6. The minimum atomic E-state index is -0.259. The molecule has 3 atom stereocenters. The van der Waals surface area contributed by atoms with Crippen molar-refractivity contribution in [3.8, 4) is 12.3 Å². The molecule has 1 aliphatic rings. The third-order valence-electron chi connectivity index (χ3n) is 3.12. The first kappa shape index (κ1) is 13.0. The molecule has 16 heavy (non-hydrogen) atoms. The lowest BCUT2D eigenvalue weighted by molar-refractivity contribution is -0.122.